The van der Waals surface area contributed by atoms with Gasteiger partial charge in [-0.3, -0.25) is 9.48 Å². The van der Waals surface area contributed by atoms with Gasteiger partial charge in [-0.15, -0.1) is 0 Å². The molecule has 1 aromatic carbocycles. The molecule has 6 heteroatoms. The second kappa shape index (κ2) is 4.58. The van der Waals surface area contributed by atoms with Crippen LogP contribution in [0.3, 0.4) is 0 Å². The Morgan fingerprint density at radius 2 is 2.06 bits per heavy atom. The molecule has 0 aliphatic rings. The summed E-state index contributed by atoms with van der Waals surface area (Å²) in [5.41, 5.74) is 6.69. The fourth-order valence-corrected chi connectivity index (χ4v) is 1.65. The lowest BCUT2D eigenvalue weighted by Gasteiger charge is -2.06. The van der Waals surface area contributed by atoms with E-state index in [0.29, 0.717) is 17.1 Å². The van der Waals surface area contributed by atoms with Crippen molar-refractivity contribution >= 4 is 33.3 Å². The minimum atomic E-state index is -0.215. The van der Waals surface area contributed by atoms with E-state index in [-0.39, 0.29) is 5.91 Å². The highest BCUT2D eigenvalue weighted by molar-refractivity contribution is 9.10. The smallest absolute Gasteiger partial charge is 0.256 e. The molecule has 0 aliphatic carbocycles. The number of aromatic nitrogens is 2. The van der Waals surface area contributed by atoms with E-state index in [4.69, 9.17) is 5.73 Å². The molecule has 0 bridgehead atoms. The van der Waals surface area contributed by atoms with E-state index in [1.54, 1.807) is 19.2 Å². The maximum atomic E-state index is 11.9. The Balaban J connectivity index is 2.20. The first-order chi connectivity index (χ1) is 8.08. The third-order valence-corrected chi connectivity index (χ3v) is 2.83. The molecular weight excluding hydrogens is 284 g/mol. The standard InChI is InChI=1S/C11H11BrN4O/c1-16-10(9(13)6-14-16)15-11(17)7-2-4-8(12)5-3-7/h2-6H,13H2,1H3,(H,15,17). The normalized spacial score (nSPS) is 10.2. The number of aryl methyl sites for hydroxylation is 1. The zero-order valence-electron chi connectivity index (χ0n) is 9.14. The topological polar surface area (TPSA) is 72.9 Å². The monoisotopic (exact) mass is 294 g/mol. The molecule has 3 N–H and O–H groups in total. The number of nitrogen functional groups attached to an aromatic ring is 1. The molecule has 2 aromatic rings. The summed E-state index contributed by atoms with van der Waals surface area (Å²) in [5.74, 6) is 0.283. The first-order valence-corrected chi connectivity index (χ1v) is 5.71. The molecule has 0 saturated carbocycles. The van der Waals surface area contributed by atoms with Crippen LogP contribution in [0.4, 0.5) is 11.5 Å². The second-order valence-corrected chi connectivity index (χ2v) is 4.45. The van der Waals surface area contributed by atoms with Crippen LogP contribution in [0.2, 0.25) is 0 Å². The van der Waals surface area contributed by atoms with Crippen LogP contribution in [-0.2, 0) is 7.05 Å². The van der Waals surface area contributed by atoms with Crippen molar-refractivity contribution in [3.05, 3.63) is 40.5 Å². The fraction of sp³-hybridized carbons (Fsp3) is 0.0909. The Morgan fingerprint density at radius 1 is 1.41 bits per heavy atom. The Kier molecular flexibility index (Phi) is 3.14. The number of carbonyl (C=O) groups is 1. The number of hydrogen-bond donors (Lipinski definition) is 2. The van der Waals surface area contributed by atoms with Crippen LogP contribution >= 0.6 is 15.9 Å². The molecule has 2 rings (SSSR count). The van der Waals surface area contributed by atoms with Crippen molar-refractivity contribution in [2.24, 2.45) is 7.05 Å². The number of anilines is 2. The van der Waals surface area contributed by atoms with Gasteiger partial charge in [-0.1, -0.05) is 15.9 Å². The molecule has 0 unspecified atom stereocenters. The zero-order chi connectivity index (χ0) is 12.4. The lowest BCUT2D eigenvalue weighted by Crippen LogP contribution is -2.15. The summed E-state index contributed by atoms with van der Waals surface area (Å²) < 4.78 is 2.45. The fourth-order valence-electron chi connectivity index (χ4n) is 1.39. The van der Waals surface area contributed by atoms with Gasteiger partial charge in [0.15, 0.2) is 5.82 Å². The summed E-state index contributed by atoms with van der Waals surface area (Å²) in [6.45, 7) is 0. The SMILES string of the molecule is Cn1ncc(N)c1NC(=O)c1ccc(Br)cc1. The van der Waals surface area contributed by atoms with E-state index in [2.05, 4.69) is 26.3 Å². The minimum Gasteiger partial charge on any atom is -0.394 e. The van der Waals surface area contributed by atoms with Gasteiger partial charge in [0.1, 0.15) is 0 Å². The van der Waals surface area contributed by atoms with Gasteiger partial charge in [0, 0.05) is 17.1 Å². The van der Waals surface area contributed by atoms with Crippen molar-refractivity contribution in [2.75, 3.05) is 11.1 Å². The predicted molar refractivity (Wildman–Crippen MR) is 69.7 cm³/mol. The van der Waals surface area contributed by atoms with E-state index in [9.17, 15) is 4.79 Å². The number of rotatable bonds is 2. The Bertz CT molecular complexity index is 528. The van der Waals surface area contributed by atoms with Gasteiger partial charge in [-0.2, -0.15) is 5.10 Å². The summed E-state index contributed by atoms with van der Waals surface area (Å²) in [6, 6.07) is 7.07. The average Bonchev–Trinajstić information content (AvgIpc) is 2.61. The summed E-state index contributed by atoms with van der Waals surface area (Å²) >= 11 is 3.31. The third kappa shape index (κ3) is 2.47. The number of nitrogens with one attached hydrogen (secondary N) is 1. The maximum absolute atomic E-state index is 11.9. The second-order valence-electron chi connectivity index (χ2n) is 3.53. The van der Waals surface area contributed by atoms with E-state index >= 15 is 0 Å². The number of halogens is 1. The molecule has 88 valence electrons. The Labute approximate surface area is 107 Å². The van der Waals surface area contributed by atoms with Crippen LogP contribution < -0.4 is 11.1 Å². The van der Waals surface area contributed by atoms with Gasteiger partial charge in [0.25, 0.3) is 5.91 Å². The zero-order valence-corrected chi connectivity index (χ0v) is 10.7. The van der Waals surface area contributed by atoms with Crippen molar-refractivity contribution in [1.82, 2.24) is 9.78 Å². The van der Waals surface area contributed by atoms with Crippen LogP contribution in [0, 0.1) is 0 Å². The van der Waals surface area contributed by atoms with Crippen molar-refractivity contribution < 1.29 is 4.79 Å². The van der Waals surface area contributed by atoms with Gasteiger partial charge in [-0.25, -0.2) is 0 Å². The van der Waals surface area contributed by atoms with Crippen molar-refractivity contribution in [2.45, 2.75) is 0 Å². The Morgan fingerprint density at radius 3 is 2.59 bits per heavy atom. The highest BCUT2D eigenvalue weighted by atomic mass is 79.9. The summed E-state index contributed by atoms with van der Waals surface area (Å²) in [7, 11) is 1.72. The maximum Gasteiger partial charge on any atom is 0.256 e. The van der Waals surface area contributed by atoms with Gasteiger partial charge < -0.3 is 11.1 Å². The number of nitrogens with two attached hydrogens (primary N) is 1. The van der Waals surface area contributed by atoms with Gasteiger partial charge in [-0.05, 0) is 24.3 Å². The number of carbonyl (C=O) groups excluding carboxylic acids is 1. The van der Waals surface area contributed by atoms with Gasteiger partial charge in [0.05, 0.1) is 11.9 Å². The molecule has 0 aliphatic heterocycles. The summed E-state index contributed by atoms with van der Waals surface area (Å²) in [4.78, 5) is 11.9. The molecule has 17 heavy (non-hydrogen) atoms. The minimum absolute atomic E-state index is 0.215. The largest absolute Gasteiger partial charge is 0.394 e. The lowest BCUT2D eigenvalue weighted by atomic mass is 10.2. The number of amides is 1. The highest BCUT2D eigenvalue weighted by Crippen LogP contribution is 2.17. The molecule has 0 atom stereocenters. The van der Waals surface area contributed by atoms with Gasteiger partial charge in [0.2, 0.25) is 0 Å². The van der Waals surface area contributed by atoms with Crippen molar-refractivity contribution in [3.8, 4) is 0 Å². The first-order valence-electron chi connectivity index (χ1n) is 4.92. The molecule has 1 amide bonds. The lowest BCUT2D eigenvalue weighted by molar-refractivity contribution is 0.102. The molecule has 1 aromatic heterocycles. The van der Waals surface area contributed by atoms with Crippen LogP contribution in [-0.4, -0.2) is 15.7 Å². The van der Waals surface area contributed by atoms with E-state index in [0.717, 1.165) is 4.47 Å². The molecule has 0 saturated heterocycles. The molecule has 0 spiro atoms. The van der Waals surface area contributed by atoms with Crippen LogP contribution in [0.5, 0.6) is 0 Å². The van der Waals surface area contributed by atoms with E-state index < -0.39 is 0 Å². The van der Waals surface area contributed by atoms with Crippen molar-refractivity contribution in [1.29, 1.82) is 0 Å². The highest BCUT2D eigenvalue weighted by Gasteiger charge is 2.11. The van der Waals surface area contributed by atoms with Crippen LogP contribution in [0.15, 0.2) is 34.9 Å². The summed E-state index contributed by atoms with van der Waals surface area (Å²) in [6.07, 6.45) is 1.50. The molecule has 0 radical (unpaired) electrons. The Hall–Kier alpha value is -1.82. The van der Waals surface area contributed by atoms with Crippen LogP contribution in [0.1, 0.15) is 10.4 Å². The first kappa shape index (κ1) is 11.7. The van der Waals surface area contributed by atoms with E-state index in [1.807, 2.05) is 12.1 Å². The van der Waals surface area contributed by atoms with E-state index in [1.165, 1.54) is 10.9 Å². The molecule has 0 fully saturated rings. The molecule has 5 nitrogen and oxygen atoms in total. The third-order valence-electron chi connectivity index (χ3n) is 2.31. The summed E-state index contributed by atoms with van der Waals surface area (Å²) in [5, 5.41) is 6.66. The van der Waals surface area contributed by atoms with Gasteiger partial charge >= 0.3 is 0 Å². The predicted octanol–water partition coefficient (Wildman–Crippen LogP) is 2.02. The average molecular weight is 295 g/mol. The quantitative estimate of drug-likeness (QED) is 0.890. The van der Waals surface area contributed by atoms with Crippen molar-refractivity contribution in [3.63, 3.8) is 0 Å². The number of benzene rings is 1. The molecule has 1 heterocycles. The van der Waals surface area contributed by atoms with Crippen LogP contribution in [0.25, 0.3) is 0 Å². The number of nitrogens with zero attached hydrogens (tertiary/aromatic N) is 2. The molecular formula is C11H11BrN4O. The number of hydrogen-bond acceptors (Lipinski definition) is 3.